The first kappa shape index (κ1) is 17.9. The van der Waals surface area contributed by atoms with Crippen LogP contribution in [0.2, 0.25) is 10.0 Å². The third-order valence-electron chi connectivity index (χ3n) is 4.90. The van der Waals surface area contributed by atoms with E-state index in [1.807, 2.05) is 26.0 Å². The molecule has 8 heteroatoms. The van der Waals surface area contributed by atoms with Gasteiger partial charge in [-0.1, -0.05) is 23.2 Å². The van der Waals surface area contributed by atoms with Gasteiger partial charge in [-0.25, -0.2) is 9.78 Å². The molecule has 2 aliphatic rings. The van der Waals surface area contributed by atoms with Gasteiger partial charge >= 0.3 is 5.97 Å². The van der Waals surface area contributed by atoms with Gasteiger partial charge < -0.3 is 9.64 Å². The van der Waals surface area contributed by atoms with Gasteiger partial charge in [-0.15, -0.1) is 11.8 Å². The Morgan fingerprint density at radius 2 is 2.15 bits per heavy atom. The summed E-state index contributed by atoms with van der Waals surface area (Å²) in [5.41, 5.74) is 1.20. The van der Waals surface area contributed by atoms with Crippen LogP contribution >= 0.6 is 35.0 Å². The number of aryl methyl sites for hydroxylation is 1. The van der Waals surface area contributed by atoms with Gasteiger partial charge in [0.05, 0.1) is 14.9 Å². The zero-order valence-electron chi connectivity index (χ0n) is 14.2. The number of aromatic nitrogens is 1. The zero-order valence-corrected chi connectivity index (χ0v) is 16.5. The second-order valence-corrected chi connectivity index (χ2v) is 9.02. The fourth-order valence-corrected chi connectivity index (χ4v) is 5.52. The number of amides is 1. The van der Waals surface area contributed by atoms with Crippen molar-refractivity contribution in [3.05, 3.63) is 33.9 Å². The molecule has 2 aliphatic heterocycles. The molecule has 136 valence electrons. The number of carbonyl (C=O) groups excluding carboxylic acids is 2. The number of fused-ring (bicyclic) bond motifs is 2. The largest absolute Gasteiger partial charge is 0.421 e. The summed E-state index contributed by atoms with van der Waals surface area (Å²) >= 11 is 14.1. The maximum atomic E-state index is 12.9. The molecule has 0 aliphatic carbocycles. The molecular formula is C18H16Cl2N2O3S. The number of halogens is 2. The molecule has 0 spiro atoms. The Labute approximate surface area is 165 Å². The van der Waals surface area contributed by atoms with Crippen molar-refractivity contribution in [3.63, 3.8) is 0 Å². The monoisotopic (exact) mass is 410 g/mol. The van der Waals surface area contributed by atoms with Crippen molar-refractivity contribution in [2.75, 3.05) is 5.75 Å². The molecular weight excluding hydrogens is 395 g/mol. The first-order valence-corrected chi connectivity index (χ1v) is 9.97. The van der Waals surface area contributed by atoms with Crippen LogP contribution in [0.25, 0.3) is 10.9 Å². The topological polar surface area (TPSA) is 59.5 Å². The molecule has 1 aromatic carbocycles. The number of thioether (sulfide) groups is 1. The van der Waals surface area contributed by atoms with Crippen molar-refractivity contribution in [1.82, 2.24) is 9.88 Å². The maximum absolute atomic E-state index is 12.9. The van der Waals surface area contributed by atoms with E-state index in [0.717, 1.165) is 12.1 Å². The molecule has 2 aromatic rings. The van der Waals surface area contributed by atoms with E-state index in [1.165, 1.54) is 0 Å². The fraction of sp³-hybridized carbons (Fsp3) is 0.389. The van der Waals surface area contributed by atoms with Crippen molar-refractivity contribution in [1.29, 1.82) is 0 Å². The number of hydrogen-bond donors (Lipinski definition) is 0. The number of benzene rings is 1. The zero-order chi connectivity index (χ0) is 18.6. The first-order chi connectivity index (χ1) is 12.3. The van der Waals surface area contributed by atoms with Crippen molar-refractivity contribution in [3.8, 4) is 5.75 Å². The lowest BCUT2D eigenvalue weighted by Gasteiger charge is -2.29. The van der Waals surface area contributed by atoms with Crippen molar-refractivity contribution in [2.24, 2.45) is 0 Å². The van der Waals surface area contributed by atoms with Gasteiger partial charge in [0.2, 0.25) is 5.91 Å². The molecule has 0 saturated carbocycles. The highest BCUT2D eigenvalue weighted by atomic mass is 35.5. The van der Waals surface area contributed by atoms with Crippen molar-refractivity contribution in [2.45, 2.75) is 37.6 Å². The van der Waals surface area contributed by atoms with E-state index in [0.29, 0.717) is 28.1 Å². The Morgan fingerprint density at radius 1 is 1.38 bits per heavy atom. The molecule has 0 N–H and O–H groups in total. The fourth-order valence-electron chi connectivity index (χ4n) is 3.55. The lowest BCUT2D eigenvalue weighted by Crippen LogP contribution is -2.47. The predicted molar refractivity (Wildman–Crippen MR) is 103 cm³/mol. The summed E-state index contributed by atoms with van der Waals surface area (Å²) in [4.78, 5) is 30.9. The molecule has 5 nitrogen and oxygen atoms in total. The van der Waals surface area contributed by atoms with Crippen LogP contribution in [-0.2, 0) is 9.59 Å². The van der Waals surface area contributed by atoms with Crippen LogP contribution in [0.3, 0.4) is 0 Å². The highest BCUT2D eigenvalue weighted by Crippen LogP contribution is 2.47. The van der Waals surface area contributed by atoms with Crippen molar-refractivity contribution >= 4 is 57.7 Å². The van der Waals surface area contributed by atoms with Crippen LogP contribution < -0.4 is 4.74 Å². The van der Waals surface area contributed by atoms with E-state index >= 15 is 0 Å². The van der Waals surface area contributed by atoms with Crippen LogP contribution in [0.5, 0.6) is 5.75 Å². The Balaban J connectivity index is 1.71. The van der Waals surface area contributed by atoms with Crippen LogP contribution in [-0.4, -0.2) is 38.4 Å². The van der Waals surface area contributed by atoms with Gasteiger partial charge in [0.1, 0.15) is 11.6 Å². The Kier molecular flexibility index (Phi) is 4.33. The van der Waals surface area contributed by atoms with Gasteiger partial charge in [-0.2, -0.15) is 0 Å². The molecule has 1 aromatic heterocycles. The maximum Gasteiger partial charge on any atom is 0.335 e. The molecule has 0 bridgehead atoms. The Bertz CT molecular complexity index is 952. The summed E-state index contributed by atoms with van der Waals surface area (Å²) in [5, 5.41) is 1.32. The SMILES string of the molecule is Cc1ccc2c(Cl)cc(Cl)c(OC(=O)[C@H]3CS[C@@]4(C)CCC(=O)N34)c2n1. The summed E-state index contributed by atoms with van der Waals surface area (Å²) in [6, 6.07) is 4.57. The van der Waals surface area contributed by atoms with E-state index in [1.54, 1.807) is 22.7 Å². The van der Waals surface area contributed by atoms with E-state index in [4.69, 9.17) is 27.9 Å². The molecule has 3 heterocycles. The summed E-state index contributed by atoms with van der Waals surface area (Å²) in [5.74, 6) is 0.187. The second kappa shape index (κ2) is 6.29. The highest BCUT2D eigenvalue weighted by molar-refractivity contribution is 8.01. The third kappa shape index (κ3) is 2.75. The smallest absolute Gasteiger partial charge is 0.335 e. The minimum Gasteiger partial charge on any atom is -0.421 e. The van der Waals surface area contributed by atoms with Crippen LogP contribution in [0.15, 0.2) is 18.2 Å². The quantitative estimate of drug-likeness (QED) is 0.548. The highest BCUT2D eigenvalue weighted by Gasteiger charge is 2.53. The Hall–Kier alpha value is -1.50. The summed E-state index contributed by atoms with van der Waals surface area (Å²) in [6.07, 6.45) is 1.20. The van der Waals surface area contributed by atoms with E-state index in [9.17, 15) is 9.59 Å². The van der Waals surface area contributed by atoms with Crippen LogP contribution in [0, 0.1) is 6.92 Å². The summed E-state index contributed by atoms with van der Waals surface area (Å²) in [6.45, 7) is 3.83. The number of esters is 1. The molecule has 2 fully saturated rings. The van der Waals surface area contributed by atoms with Gasteiger partial charge in [-0.3, -0.25) is 4.79 Å². The lowest BCUT2D eigenvalue weighted by molar-refractivity contribution is -0.146. The normalized spacial score (nSPS) is 25.0. The van der Waals surface area contributed by atoms with Crippen LogP contribution in [0.1, 0.15) is 25.5 Å². The van der Waals surface area contributed by atoms with E-state index in [2.05, 4.69) is 4.98 Å². The summed E-state index contributed by atoms with van der Waals surface area (Å²) in [7, 11) is 0. The lowest BCUT2D eigenvalue weighted by atomic mass is 10.2. The van der Waals surface area contributed by atoms with Gasteiger partial charge in [0.25, 0.3) is 0 Å². The van der Waals surface area contributed by atoms with E-state index < -0.39 is 12.0 Å². The number of pyridine rings is 1. The standard InChI is InChI=1S/C18H16Cl2N2O3S/c1-9-3-4-10-11(19)7-12(20)16(15(10)21-9)25-17(24)13-8-26-18(2)6-5-14(23)22(13)18/h3-4,7,13H,5-6,8H2,1-2H3/t13-,18+/m1/s1. The minimum absolute atomic E-state index is 0.0134. The van der Waals surface area contributed by atoms with E-state index in [-0.39, 0.29) is 21.6 Å². The predicted octanol–water partition coefficient (Wildman–Crippen LogP) is 4.21. The van der Waals surface area contributed by atoms with Gasteiger partial charge in [0, 0.05) is 23.3 Å². The van der Waals surface area contributed by atoms with Crippen LogP contribution in [0.4, 0.5) is 0 Å². The van der Waals surface area contributed by atoms with Gasteiger partial charge in [0.15, 0.2) is 5.75 Å². The molecule has 2 saturated heterocycles. The molecule has 1 amide bonds. The molecule has 0 radical (unpaired) electrons. The van der Waals surface area contributed by atoms with Gasteiger partial charge in [-0.05, 0) is 38.5 Å². The van der Waals surface area contributed by atoms with Crippen molar-refractivity contribution < 1.29 is 14.3 Å². The third-order valence-corrected chi connectivity index (χ3v) is 7.00. The molecule has 4 rings (SSSR count). The number of rotatable bonds is 2. The number of nitrogens with zero attached hydrogens (tertiary/aromatic N) is 2. The average Bonchev–Trinajstić information content (AvgIpc) is 3.07. The molecule has 2 atom stereocenters. The number of hydrogen-bond acceptors (Lipinski definition) is 5. The summed E-state index contributed by atoms with van der Waals surface area (Å²) < 4.78 is 5.65. The Morgan fingerprint density at radius 3 is 2.92 bits per heavy atom. The average molecular weight is 411 g/mol. The molecule has 0 unspecified atom stereocenters. The number of carbonyl (C=O) groups is 2. The second-order valence-electron chi connectivity index (χ2n) is 6.70. The minimum atomic E-state index is -0.619. The molecule has 26 heavy (non-hydrogen) atoms. The number of ether oxygens (including phenoxy) is 1. The first-order valence-electron chi connectivity index (χ1n) is 8.23.